The summed E-state index contributed by atoms with van der Waals surface area (Å²) in [7, 11) is 0. The number of ether oxygens (including phenoxy) is 1. The Kier molecular flexibility index (Phi) is 5.87. The van der Waals surface area contributed by atoms with E-state index in [4.69, 9.17) is 4.74 Å². The Morgan fingerprint density at radius 3 is 2.38 bits per heavy atom. The highest BCUT2D eigenvalue weighted by atomic mass is 19.4. The maximum absolute atomic E-state index is 12.0. The molecule has 0 atom stereocenters. The normalized spacial score (nSPS) is 16.2. The second-order valence-electron chi connectivity index (χ2n) is 5.16. The molecular weight excluding hydrogens is 281 g/mol. The highest BCUT2D eigenvalue weighted by molar-refractivity contribution is 5.47. The molecule has 1 N–H and O–H groups in total. The summed E-state index contributed by atoms with van der Waals surface area (Å²) in [6.07, 6.45) is -4.66. The Morgan fingerprint density at radius 2 is 1.76 bits per heavy atom. The van der Waals surface area contributed by atoms with Crippen LogP contribution in [0, 0.1) is 0 Å². The molecule has 118 valence electrons. The van der Waals surface area contributed by atoms with Crippen LogP contribution in [0.3, 0.4) is 0 Å². The zero-order valence-electron chi connectivity index (χ0n) is 12.0. The third-order valence-corrected chi connectivity index (χ3v) is 3.46. The standard InChI is InChI=1S/C15H21F3N2O/c16-15(17,18)6-1-7-19-12-13-2-4-14(5-3-13)20-8-10-21-11-9-20/h2-5,19H,1,6-12H2. The van der Waals surface area contributed by atoms with Gasteiger partial charge in [0.1, 0.15) is 0 Å². The number of alkyl halides is 3. The molecule has 1 heterocycles. The van der Waals surface area contributed by atoms with E-state index in [1.165, 1.54) is 5.69 Å². The van der Waals surface area contributed by atoms with Crippen LogP contribution in [0.1, 0.15) is 18.4 Å². The molecule has 1 aromatic carbocycles. The Labute approximate surface area is 123 Å². The molecular formula is C15H21F3N2O. The molecule has 0 bridgehead atoms. The molecule has 1 aliphatic rings. The molecule has 0 aliphatic carbocycles. The van der Waals surface area contributed by atoms with Crippen molar-refractivity contribution >= 4 is 5.69 Å². The molecule has 0 radical (unpaired) electrons. The number of halogens is 3. The van der Waals surface area contributed by atoms with Crippen LogP contribution in [-0.4, -0.2) is 39.0 Å². The number of hydrogen-bond donors (Lipinski definition) is 1. The predicted octanol–water partition coefficient (Wildman–Crippen LogP) is 2.96. The van der Waals surface area contributed by atoms with Gasteiger partial charge in [-0.3, -0.25) is 0 Å². The molecule has 1 fully saturated rings. The largest absolute Gasteiger partial charge is 0.389 e. The first kappa shape index (κ1) is 16.1. The molecule has 3 nitrogen and oxygen atoms in total. The van der Waals surface area contributed by atoms with Crippen molar-refractivity contribution in [2.24, 2.45) is 0 Å². The number of anilines is 1. The van der Waals surface area contributed by atoms with E-state index in [1.807, 2.05) is 12.1 Å². The summed E-state index contributed by atoms with van der Waals surface area (Å²) in [6.45, 7) is 4.28. The van der Waals surface area contributed by atoms with E-state index < -0.39 is 12.6 Å². The van der Waals surface area contributed by atoms with Gasteiger partial charge < -0.3 is 15.0 Å². The topological polar surface area (TPSA) is 24.5 Å². The lowest BCUT2D eigenvalue weighted by molar-refractivity contribution is -0.135. The van der Waals surface area contributed by atoms with Crippen molar-refractivity contribution < 1.29 is 17.9 Å². The second kappa shape index (κ2) is 7.66. The smallest absolute Gasteiger partial charge is 0.378 e. The number of rotatable bonds is 6. The van der Waals surface area contributed by atoms with Gasteiger partial charge in [-0.1, -0.05) is 12.1 Å². The molecule has 0 aromatic heterocycles. The lowest BCUT2D eigenvalue weighted by Gasteiger charge is -2.28. The minimum absolute atomic E-state index is 0.120. The summed E-state index contributed by atoms with van der Waals surface area (Å²) in [6, 6.07) is 8.14. The molecule has 1 saturated heterocycles. The number of benzene rings is 1. The van der Waals surface area contributed by atoms with E-state index in [-0.39, 0.29) is 6.42 Å². The highest BCUT2D eigenvalue weighted by Crippen LogP contribution is 2.21. The number of hydrogen-bond acceptors (Lipinski definition) is 3. The first-order valence-corrected chi connectivity index (χ1v) is 7.24. The minimum Gasteiger partial charge on any atom is -0.378 e. The fourth-order valence-electron chi connectivity index (χ4n) is 2.29. The predicted molar refractivity (Wildman–Crippen MR) is 76.5 cm³/mol. The lowest BCUT2D eigenvalue weighted by atomic mass is 10.2. The summed E-state index contributed by atoms with van der Waals surface area (Å²) >= 11 is 0. The molecule has 0 spiro atoms. The van der Waals surface area contributed by atoms with E-state index in [9.17, 15) is 13.2 Å². The van der Waals surface area contributed by atoms with Crippen LogP contribution in [-0.2, 0) is 11.3 Å². The van der Waals surface area contributed by atoms with Crippen molar-refractivity contribution in [3.63, 3.8) is 0 Å². The minimum atomic E-state index is -4.05. The van der Waals surface area contributed by atoms with E-state index in [1.54, 1.807) is 0 Å². The van der Waals surface area contributed by atoms with Gasteiger partial charge in [-0.2, -0.15) is 13.2 Å². The van der Waals surface area contributed by atoms with Gasteiger partial charge in [-0.25, -0.2) is 0 Å². The van der Waals surface area contributed by atoms with Gasteiger partial charge in [-0.15, -0.1) is 0 Å². The van der Waals surface area contributed by atoms with Crippen molar-refractivity contribution in [2.45, 2.75) is 25.6 Å². The monoisotopic (exact) mass is 302 g/mol. The van der Waals surface area contributed by atoms with Crippen LogP contribution in [0.15, 0.2) is 24.3 Å². The first-order valence-electron chi connectivity index (χ1n) is 7.24. The van der Waals surface area contributed by atoms with Crippen LogP contribution in [0.25, 0.3) is 0 Å². The van der Waals surface area contributed by atoms with Gasteiger partial charge in [0, 0.05) is 31.7 Å². The molecule has 1 aliphatic heterocycles. The summed E-state index contributed by atoms with van der Waals surface area (Å²) in [5.41, 5.74) is 2.25. The molecule has 2 rings (SSSR count). The molecule has 6 heteroatoms. The third-order valence-electron chi connectivity index (χ3n) is 3.46. The fourth-order valence-corrected chi connectivity index (χ4v) is 2.29. The van der Waals surface area contributed by atoms with E-state index >= 15 is 0 Å². The second-order valence-corrected chi connectivity index (χ2v) is 5.16. The quantitative estimate of drug-likeness (QED) is 0.818. The Bertz CT molecular complexity index is 414. The molecule has 0 saturated carbocycles. The van der Waals surface area contributed by atoms with Crippen LogP contribution in [0.5, 0.6) is 0 Å². The van der Waals surface area contributed by atoms with Gasteiger partial charge in [0.05, 0.1) is 13.2 Å². The highest BCUT2D eigenvalue weighted by Gasteiger charge is 2.25. The van der Waals surface area contributed by atoms with Gasteiger partial charge in [0.2, 0.25) is 0 Å². The van der Waals surface area contributed by atoms with E-state index in [0.29, 0.717) is 13.1 Å². The van der Waals surface area contributed by atoms with Crippen molar-refractivity contribution in [1.82, 2.24) is 5.32 Å². The summed E-state index contributed by atoms with van der Waals surface area (Å²) in [4.78, 5) is 2.27. The molecule has 1 aromatic rings. The van der Waals surface area contributed by atoms with Crippen LogP contribution in [0.4, 0.5) is 18.9 Å². The Balaban J connectivity index is 1.70. The van der Waals surface area contributed by atoms with E-state index in [0.717, 1.165) is 31.9 Å². The summed E-state index contributed by atoms with van der Waals surface area (Å²) in [5.74, 6) is 0. The summed E-state index contributed by atoms with van der Waals surface area (Å²) < 4.78 is 41.3. The summed E-state index contributed by atoms with van der Waals surface area (Å²) in [5, 5.41) is 3.04. The third kappa shape index (κ3) is 5.93. The van der Waals surface area contributed by atoms with Crippen LogP contribution < -0.4 is 10.2 Å². The van der Waals surface area contributed by atoms with Crippen LogP contribution >= 0.6 is 0 Å². The van der Waals surface area contributed by atoms with Crippen molar-refractivity contribution in [2.75, 3.05) is 37.7 Å². The Hall–Kier alpha value is -1.27. The van der Waals surface area contributed by atoms with Crippen molar-refractivity contribution in [3.05, 3.63) is 29.8 Å². The maximum atomic E-state index is 12.0. The fraction of sp³-hybridized carbons (Fsp3) is 0.600. The van der Waals surface area contributed by atoms with Gasteiger partial charge in [-0.05, 0) is 30.7 Å². The average Bonchev–Trinajstić information content (AvgIpc) is 2.47. The number of nitrogens with one attached hydrogen (secondary N) is 1. The van der Waals surface area contributed by atoms with Gasteiger partial charge in [0.25, 0.3) is 0 Å². The molecule has 0 unspecified atom stereocenters. The van der Waals surface area contributed by atoms with Crippen molar-refractivity contribution in [3.8, 4) is 0 Å². The van der Waals surface area contributed by atoms with Gasteiger partial charge >= 0.3 is 6.18 Å². The zero-order chi connectivity index (χ0) is 15.1. The van der Waals surface area contributed by atoms with Crippen LogP contribution in [0.2, 0.25) is 0 Å². The number of nitrogens with zero attached hydrogens (tertiary/aromatic N) is 1. The van der Waals surface area contributed by atoms with Gasteiger partial charge in [0.15, 0.2) is 0 Å². The first-order chi connectivity index (χ1) is 10.0. The Morgan fingerprint density at radius 1 is 1.10 bits per heavy atom. The molecule has 0 amide bonds. The van der Waals surface area contributed by atoms with Crippen molar-refractivity contribution in [1.29, 1.82) is 0 Å². The average molecular weight is 302 g/mol. The number of morpholine rings is 1. The van der Waals surface area contributed by atoms with E-state index in [2.05, 4.69) is 22.3 Å². The lowest BCUT2D eigenvalue weighted by Crippen LogP contribution is -2.36. The zero-order valence-corrected chi connectivity index (χ0v) is 12.0. The molecule has 21 heavy (non-hydrogen) atoms. The maximum Gasteiger partial charge on any atom is 0.389 e. The SMILES string of the molecule is FC(F)(F)CCCNCc1ccc(N2CCOCC2)cc1.